The molecule has 2 aromatic heterocycles. The molecular weight excluding hydrogens is 424 g/mol. The van der Waals surface area contributed by atoms with E-state index >= 15 is 0 Å². The largest absolute Gasteiger partial charge is 0.465 e. The van der Waals surface area contributed by atoms with E-state index in [-0.39, 0.29) is 12.6 Å². The maximum absolute atomic E-state index is 11.4. The van der Waals surface area contributed by atoms with Crippen LogP contribution in [0.1, 0.15) is 23.3 Å². The van der Waals surface area contributed by atoms with E-state index in [0.717, 1.165) is 57.8 Å². The van der Waals surface area contributed by atoms with Crippen LogP contribution in [0.4, 0.5) is 10.5 Å². The lowest BCUT2D eigenvalue weighted by Gasteiger charge is -2.37. The average molecular weight is 445 g/mol. The number of carbonyl (C=O) groups is 1. The number of fused-ring (bicyclic) bond motifs is 2. The van der Waals surface area contributed by atoms with Gasteiger partial charge in [0.15, 0.2) is 0 Å². The first-order valence-corrected chi connectivity index (χ1v) is 11.2. The van der Waals surface area contributed by atoms with Crippen LogP contribution in [0, 0.1) is 0 Å². The number of halogens is 1. The zero-order chi connectivity index (χ0) is 20.8. The highest BCUT2D eigenvalue weighted by Crippen LogP contribution is 2.44. The number of carboxylic acid groups (broad SMARTS) is 1. The molecule has 1 amide bonds. The first-order valence-electron chi connectivity index (χ1n) is 9.96. The van der Waals surface area contributed by atoms with E-state index in [1.165, 1.54) is 21.8 Å². The lowest BCUT2D eigenvalue weighted by atomic mass is 9.94. The molecule has 7 nitrogen and oxygen atoms in total. The molecular formula is C21H21ClN4O3S. The molecule has 0 radical (unpaired) electrons. The molecule has 0 saturated carbocycles. The lowest BCUT2D eigenvalue weighted by molar-refractivity contribution is 0.155. The zero-order valence-corrected chi connectivity index (χ0v) is 17.8. The van der Waals surface area contributed by atoms with Gasteiger partial charge < -0.3 is 20.0 Å². The Bertz CT molecular complexity index is 1130. The number of aryl methyl sites for hydroxylation is 1. The topological polar surface area (TPSA) is 89.8 Å². The Labute approximate surface area is 182 Å². The summed E-state index contributed by atoms with van der Waals surface area (Å²) in [6.45, 7) is 1.90. The first-order chi connectivity index (χ1) is 14.5. The predicted molar refractivity (Wildman–Crippen MR) is 117 cm³/mol. The summed E-state index contributed by atoms with van der Waals surface area (Å²) < 4.78 is 0.926. The molecule has 2 N–H and O–H groups in total. The third-order valence-electron chi connectivity index (χ3n) is 5.93. The minimum atomic E-state index is -0.862. The summed E-state index contributed by atoms with van der Waals surface area (Å²) in [6.07, 6.45) is 3.42. The number of aromatic nitrogens is 2. The van der Waals surface area contributed by atoms with Crippen LogP contribution in [-0.2, 0) is 13.0 Å². The van der Waals surface area contributed by atoms with Crippen molar-refractivity contribution in [3.05, 3.63) is 40.0 Å². The van der Waals surface area contributed by atoms with Gasteiger partial charge in [0.25, 0.3) is 0 Å². The highest BCUT2D eigenvalue weighted by atomic mass is 35.5. The molecule has 0 bridgehead atoms. The van der Waals surface area contributed by atoms with Crippen molar-refractivity contribution in [1.29, 1.82) is 0 Å². The second-order valence-corrected chi connectivity index (χ2v) is 9.31. The van der Waals surface area contributed by atoms with Crippen LogP contribution in [0.25, 0.3) is 21.5 Å². The van der Waals surface area contributed by atoms with Crippen molar-refractivity contribution < 1.29 is 15.0 Å². The monoisotopic (exact) mass is 444 g/mol. The molecule has 30 heavy (non-hydrogen) atoms. The maximum atomic E-state index is 11.4. The van der Waals surface area contributed by atoms with Gasteiger partial charge in [-0.15, -0.1) is 11.3 Å². The van der Waals surface area contributed by atoms with E-state index in [0.29, 0.717) is 18.1 Å². The second kappa shape index (κ2) is 7.68. The highest BCUT2D eigenvalue weighted by molar-refractivity contribution is 7.19. The number of aliphatic hydroxyl groups excluding tert-OH is 1. The third-order valence-corrected chi connectivity index (χ3v) is 7.27. The molecule has 1 fully saturated rings. The van der Waals surface area contributed by atoms with E-state index in [1.54, 1.807) is 6.33 Å². The number of aliphatic hydroxyl groups is 1. The Balaban J connectivity index is 1.65. The van der Waals surface area contributed by atoms with Gasteiger partial charge in [0.1, 0.15) is 6.33 Å². The molecule has 4 heterocycles. The quantitative estimate of drug-likeness (QED) is 0.634. The summed E-state index contributed by atoms with van der Waals surface area (Å²) in [5.41, 5.74) is 4.83. The Morgan fingerprint density at radius 1 is 1.27 bits per heavy atom. The summed E-state index contributed by atoms with van der Waals surface area (Å²) in [7, 11) is 0. The molecule has 5 rings (SSSR count). The Morgan fingerprint density at radius 3 is 2.90 bits per heavy atom. The summed E-state index contributed by atoms with van der Waals surface area (Å²) in [6, 6.07) is 5.99. The Hall–Kier alpha value is -2.42. The minimum Gasteiger partial charge on any atom is -0.465 e. The van der Waals surface area contributed by atoms with E-state index in [1.807, 2.05) is 18.2 Å². The van der Waals surface area contributed by atoms with Crippen LogP contribution < -0.4 is 4.90 Å². The lowest BCUT2D eigenvalue weighted by Crippen LogP contribution is -2.42. The number of rotatable bonds is 3. The molecule has 2 aliphatic heterocycles. The van der Waals surface area contributed by atoms with Gasteiger partial charge in [-0.3, -0.25) is 0 Å². The molecule has 1 aromatic carbocycles. The minimum absolute atomic E-state index is 0.0344. The van der Waals surface area contributed by atoms with E-state index in [9.17, 15) is 15.0 Å². The van der Waals surface area contributed by atoms with E-state index in [2.05, 4.69) is 14.9 Å². The normalized spacial score (nSPS) is 18.8. The van der Waals surface area contributed by atoms with Gasteiger partial charge >= 0.3 is 6.09 Å². The van der Waals surface area contributed by atoms with Crippen LogP contribution in [0.5, 0.6) is 0 Å². The summed E-state index contributed by atoms with van der Waals surface area (Å²) in [5.74, 6) is 0. The van der Waals surface area contributed by atoms with Crippen molar-refractivity contribution in [1.82, 2.24) is 14.9 Å². The van der Waals surface area contributed by atoms with Gasteiger partial charge in [-0.25, -0.2) is 14.8 Å². The van der Waals surface area contributed by atoms with Gasteiger partial charge in [0.05, 0.1) is 22.5 Å². The molecule has 3 aromatic rings. The zero-order valence-electron chi connectivity index (χ0n) is 16.2. The Kier molecular flexibility index (Phi) is 5.00. The van der Waals surface area contributed by atoms with Crippen LogP contribution in [0.15, 0.2) is 24.5 Å². The number of nitrogens with zero attached hydrogens (tertiary/aromatic N) is 4. The molecule has 1 saturated heterocycles. The number of anilines is 1. The molecule has 1 unspecified atom stereocenters. The van der Waals surface area contributed by atoms with Crippen molar-refractivity contribution in [2.75, 3.05) is 24.5 Å². The van der Waals surface area contributed by atoms with Crippen molar-refractivity contribution in [2.24, 2.45) is 0 Å². The molecule has 9 heteroatoms. The van der Waals surface area contributed by atoms with Gasteiger partial charge in [0.2, 0.25) is 0 Å². The molecule has 1 atom stereocenters. The fourth-order valence-electron chi connectivity index (χ4n) is 4.63. The second-order valence-electron chi connectivity index (χ2n) is 7.74. The van der Waals surface area contributed by atoms with Crippen LogP contribution >= 0.6 is 22.9 Å². The van der Waals surface area contributed by atoms with Crippen molar-refractivity contribution in [3.63, 3.8) is 0 Å². The van der Waals surface area contributed by atoms with Crippen LogP contribution in [0.3, 0.4) is 0 Å². The van der Waals surface area contributed by atoms with Gasteiger partial charge in [-0.05, 0) is 43.0 Å². The number of thiophene rings is 1. The molecule has 156 valence electrons. The fourth-order valence-corrected chi connectivity index (χ4v) is 5.84. The SMILES string of the molecule is O=C(O)N1CCC(N2CCCc3cc(Cl)cc(-c4ncnc5cc(CO)sc45)c32)C1. The van der Waals surface area contributed by atoms with E-state index in [4.69, 9.17) is 11.6 Å². The molecule has 0 spiro atoms. The third kappa shape index (κ3) is 3.29. The standard InChI is InChI=1S/C21H21ClN4O3S/c22-13-6-12-2-1-4-26(14-3-5-25(9-14)21(28)29)19(12)16(7-13)18-20-17(23-11-24-18)8-15(10-27)30-20/h6-8,11,14,27H,1-5,9-10H2,(H,28,29). The van der Waals surface area contributed by atoms with Crippen molar-refractivity contribution >= 4 is 44.9 Å². The fraction of sp³-hybridized carbons (Fsp3) is 0.381. The Morgan fingerprint density at radius 2 is 2.13 bits per heavy atom. The number of amides is 1. The molecule has 0 aliphatic carbocycles. The molecule has 2 aliphatic rings. The van der Waals surface area contributed by atoms with Crippen molar-refractivity contribution in [3.8, 4) is 11.3 Å². The summed E-state index contributed by atoms with van der Waals surface area (Å²) in [4.78, 5) is 25.1. The average Bonchev–Trinajstić information content (AvgIpc) is 3.39. The first kappa shape index (κ1) is 19.5. The number of benzene rings is 1. The van der Waals surface area contributed by atoms with Crippen molar-refractivity contribution in [2.45, 2.75) is 31.9 Å². The number of hydrogen-bond donors (Lipinski definition) is 2. The summed E-state index contributed by atoms with van der Waals surface area (Å²) >= 11 is 7.99. The predicted octanol–water partition coefficient (Wildman–Crippen LogP) is 4.01. The van der Waals surface area contributed by atoms with E-state index < -0.39 is 6.09 Å². The van der Waals surface area contributed by atoms with Crippen LogP contribution in [0.2, 0.25) is 5.02 Å². The summed E-state index contributed by atoms with van der Waals surface area (Å²) in [5, 5.41) is 19.6. The van der Waals surface area contributed by atoms with Gasteiger partial charge in [-0.1, -0.05) is 11.6 Å². The smallest absolute Gasteiger partial charge is 0.407 e. The number of likely N-dealkylation sites (tertiary alicyclic amines) is 1. The highest BCUT2D eigenvalue weighted by Gasteiger charge is 2.34. The number of hydrogen-bond acceptors (Lipinski definition) is 6. The van der Waals surface area contributed by atoms with Crippen LogP contribution in [-0.4, -0.2) is 56.9 Å². The maximum Gasteiger partial charge on any atom is 0.407 e. The van der Waals surface area contributed by atoms with Gasteiger partial charge in [0, 0.05) is 46.8 Å². The van der Waals surface area contributed by atoms with Gasteiger partial charge in [-0.2, -0.15) is 0 Å².